The van der Waals surface area contributed by atoms with Crippen LogP contribution in [0.3, 0.4) is 0 Å². The largest absolute Gasteiger partial charge is 0.481 e. The van der Waals surface area contributed by atoms with Crippen molar-refractivity contribution < 1.29 is 43.7 Å². The second-order valence-electron chi connectivity index (χ2n) is 7.05. The number of H-pyrrole nitrogens is 1. The van der Waals surface area contributed by atoms with Gasteiger partial charge in [-0.1, -0.05) is 0 Å². The van der Waals surface area contributed by atoms with Gasteiger partial charge >= 0.3 is 17.6 Å². The molecule has 0 aliphatic heterocycles. The highest BCUT2D eigenvalue weighted by Gasteiger charge is 2.32. The first kappa shape index (κ1) is 27.9. The molecule has 1 aromatic rings. The number of hydrogen-bond donors (Lipinski definition) is 8. The third-order valence-electron chi connectivity index (χ3n) is 4.26. The van der Waals surface area contributed by atoms with Crippen molar-refractivity contribution in [1.82, 2.24) is 25.5 Å². The van der Waals surface area contributed by atoms with Gasteiger partial charge in [-0.2, -0.15) is 4.39 Å². The zero-order valence-corrected chi connectivity index (χ0v) is 17.8. The van der Waals surface area contributed by atoms with Crippen molar-refractivity contribution in [2.24, 2.45) is 5.73 Å². The van der Waals surface area contributed by atoms with E-state index in [4.69, 9.17) is 10.8 Å². The highest BCUT2D eigenvalue weighted by atomic mass is 19.1. The summed E-state index contributed by atoms with van der Waals surface area (Å²) in [5.74, 6) is -8.09. The monoisotopic (exact) mass is 490 g/mol. The molecule has 1 rings (SSSR count). The van der Waals surface area contributed by atoms with Gasteiger partial charge in [0.1, 0.15) is 12.1 Å². The predicted molar refractivity (Wildman–Crippen MR) is 108 cm³/mol. The number of carbonyl (C=O) groups excluding carboxylic acids is 3. The molecule has 3 amide bonds. The Morgan fingerprint density at radius 3 is 2.15 bits per heavy atom. The molecule has 9 N–H and O–H groups in total. The molecule has 2 unspecified atom stereocenters. The molecule has 34 heavy (non-hydrogen) atoms. The number of carboxylic acid groups (broad SMARTS) is 2. The van der Waals surface area contributed by atoms with Crippen LogP contribution in [0, 0.1) is 5.82 Å². The zero-order chi connectivity index (χ0) is 26.3. The molecule has 0 aromatic carbocycles. The summed E-state index contributed by atoms with van der Waals surface area (Å²) in [6.07, 6.45) is -4.19. The van der Waals surface area contributed by atoms with Gasteiger partial charge in [0.2, 0.25) is 29.7 Å². The highest BCUT2D eigenvalue weighted by molar-refractivity contribution is 5.94. The number of nitrogens with one attached hydrogen (secondary N) is 4. The number of carboxylic acids is 2. The highest BCUT2D eigenvalue weighted by Crippen LogP contribution is 2.02. The van der Waals surface area contributed by atoms with E-state index in [9.17, 15) is 48.2 Å². The van der Waals surface area contributed by atoms with Gasteiger partial charge < -0.3 is 37.0 Å². The lowest BCUT2D eigenvalue weighted by Gasteiger charge is -2.25. The normalized spacial score (nSPS) is 15.2. The number of nitrogens with zero attached hydrogens (tertiary/aromatic N) is 1. The molecule has 0 radical (unpaired) electrons. The topological polar surface area (TPSA) is 263 Å². The molecular weight excluding hydrogens is 467 g/mol. The average molecular weight is 490 g/mol. The molecule has 0 spiro atoms. The summed E-state index contributed by atoms with van der Waals surface area (Å²) in [5.41, 5.74) is 2.63. The van der Waals surface area contributed by atoms with Crippen LogP contribution in [0.2, 0.25) is 0 Å². The summed E-state index contributed by atoms with van der Waals surface area (Å²) in [6.45, 7) is 2.19. The smallest absolute Gasteiger partial charge is 0.347 e. The lowest BCUT2D eigenvalue weighted by molar-refractivity contribution is -0.145. The summed E-state index contributed by atoms with van der Waals surface area (Å²) >= 11 is 0. The van der Waals surface area contributed by atoms with E-state index < -0.39 is 83.5 Å². The van der Waals surface area contributed by atoms with Crippen LogP contribution in [0.25, 0.3) is 0 Å². The molecule has 16 nitrogen and oxygen atoms in total. The molecule has 0 saturated heterocycles. The quantitative estimate of drug-likeness (QED) is 0.147. The van der Waals surface area contributed by atoms with Crippen LogP contribution in [0.4, 0.5) is 4.39 Å². The van der Waals surface area contributed by atoms with E-state index in [-0.39, 0.29) is 10.8 Å². The zero-order valence-electron chi connectivity index (χ0n) is 17.8. The Morgan fingerprint density at radius 1 is 1.06 bits per heavy atom. The second-order valence-corrected chi connectivity index (χ2v) is 7.05. The molecule has 0 aliphatic rings. The maximum Gasteiger partial charge on any atom is 0.347 e. The molecule has 0 fully saturated rings. The van der Waals surface area contributed by atoms with E-state index >= 15 is 0 Å². The molecule has 1 aromatic heterocycles. The van der Waals surface area contributed by atoms with Crippen LogP contribution in [-0.2, 0) is 24.0 Å². The third-order valence-corrected chi connectivity index (χ3v) is 4.26. The van der Waals surface area contributed by atoms with Gasteiger partial charge in [0, 0.05) is 0 Å². The van der Waals surface area contributed by atoms with Gasteiger partial charge in [-0.05, 0) is 13.8 Å². The van der Waals surface area contributed by atoms with Gasteiger partial charge in [0.15, 0.2) is 0 Å². The number of carbonyl (C=O) groups is 5. The van der Waals surface area contributed by atoms with Crippen molar-refractivity contribution in [1.29, 1.82) is 0 Å². The minimum absolute atomic E-state index is 0.189. The van der Waals surface area contributed by atoms with Crippen LogP contribution >= 0.6 is 0 Å². The summed E-state index contributed by atoms with van der Waals surface area (Å²) in [7, 11) is 0. The molecule has 5 atom stereocenters. The van der Waals surface area contributed by atoms with E-state index in [0.29, 0.717) is 0 Å². The Hall–Kier alpha value is -4.12. The van der Waals surface area contributed by atoms with E-state index in [1.807, 2.05) is 10.6 Å². The first-order valence-electron chi connectivity index (χ1n) is 9.46. The number of aliphatic hydroxyl groups excluding tert-OH is 1. The molecular formula is C17H23FN6O10. The Balaban J connectivity index is 2.96. The van der Waals surface area contributed by atoms with E-state index in [0.717, 1.165) is 13.8 Å². The number of nitrogens with two attached hydrogens (primary N) is 1. The Kier molecular flexibility index (Phi) is 9.57. The van der Waals surface area contributed by atoms with Crippen LogP contribution in [0.5, 0.6) is 0 Å². The fourth-order valence-corrected chi connectivity index (χ4v) is 2.48. The van der Waals surface area contributed by atoms with Crippen LogP contribution in [0.1, 0.15) is 26.4 Å². The standard InChI is InChI=1S/C17H23FN6O10/c1-5(20-15(31)10(6(2)25)21-14(30)8(19)3-9(26)27)12(28)22-11(16(32)33)24-4-7(18)13(29)23-17(24)34/h4-6,8,10-11,25H,3,19H2,1-2H3,(H,20,31)(H,21,30)(H,22,28)(H,26,27)(H,32,33)(H,23,29,34)/t5-,6+,8?,10-,11?/m0/s1. The van der Waals surface area contributed by atoms with E-state index in [1.165, 1.54) is 4.98 Å². The molecule has 1 heterocycles. The summed E-state index contributed by atoms with van der Waals surface area (Å²) in [6, 6.07) is -4.73. The van der Waals surface area contributed by atoms with Gasteiger partial charge in [0.05, 0.1) is 24.8 Å². The Morgan fingerprint density at radius 2 is 1.65 bits per heavy atom. The van der Waals surface area contributed by atoms with Gasteiger partial charge in [-0.15, -0.1) is 0 Å². The van der Waals surface area contributed by atoms with Crippen LogP contribution in [-0.4, -0.2) is 78.8 Å². The predicted octanol–water partition coefficient (Wildman–Crippen LogP) is -4.45. The van der Waals surface area contributed by atoms with Crippen LogP contribution < -0.4 is 32.9 Å². The van der Waals surface area contributed by atoms with Gasteiger partial charge in [0.25, 0.3) is 5.56 Å². The van der Waals surface area contributed by atoms with E-state index in [2.05, 4.69) is 5.32 Å². The number of rotatable bonds is 11. The summed E-state index contributed by atoms with van der Waals surface area (Å²) in [4.78, 5) is 83.3. The van der Waals surface area contributed by atoms with Gasteiger partial charge in [-0.25, -0.2) is 9.59 Å². The van der Waals surface area contributed by atoms with Crippen LogP contribution in [0.15, 0.2) is 15.8 Å². The SMILES string of the molecule is C[C@H](NC(=O)[C@@H](NC(=O)C(N)CC(=O)O)[C@@H](C)O)C(=O)NC(C(=O)O)n1cc(F)c(=O)[nH]c1=O. The first-order valence-corrected chi connectivity index (χ1v) is 9.46. The maximum absolute atomic E-state index is 13.5. The molecule has 0 saturated carbocycles. The fourth-order valence-electron chi connectivity index (χ4n) is 2.48. The number of aromatic amines is 1. The summed E-state index contributed by atoms with van der Waals surface area (Å²) in [5, 5.41) is 33.7. The first-order chi connectivity index (χ1) is 15.6. The lowest BCUT2D eigenvalue weighted by Crippen LogP contribution is -2.59. The molecule has 0 bridgehead atoms. The summed E-state index contributed by atoms with van der Waals surface area (Å²) < 4.78 is 13.7. The Labute approximate surface area is 188 Å². The number of halogens is 1. The molecule has 0 aliphatic carbocycles. The third kappa shape index (κ3) is 7.48. The maximum atomic E-state index is 13.5. The average Bonchev–Trinajstić information content (AvgIpc) is 2.71. The van der Waals surface area contributed by atoms with Crippen molar-refractivity contribution in [2.75, 3.05) is 0 Å². The Bertz CT molecular complexity index is 1080. The van der Waals surface area contributed by atoms with Gasteiger partial charge in [-0.3, -0.25) is 33.5 Å². The van der Waals surface area contributed by atoms with Crippen molar-refractivity contribution in [3.63, 3.8) is 0 Å². The number of aliphatic hydroxyl groups is 1. The van der Waals surface area contributed by atoms with Crippen molar-refractivity contribution in [3.05, 3.63) is 32.9 Å². The lowest BCUT2D eigenvalue weighted by atomic mass is 10.1. The fraction of sp³-hybridized carbons (Fsp3) is 0.471. The number of amides is 3. The van der Waals surface area contributed by atoms with Crippen molar-refractivity contribution >= 4 is 29.7 Å². The second kappa shape index (κ2) is 11.7. The number of aromatic nitrogens is 2. The minimum Gasteiger partial charge on any atom is -0.481 e. The minimum atomic E-state index is -2.17. The molecule has 17 heteroatoms. The molecule has 188 valence electrons. The van der Waals surface area contributed by atoms with Crippen molar-refractivity contribution in [2.45, 2.75) is 50.7 Å². The number of aliphatic carboxylic acids is 2. The van der Waals surface area contributed by atoms with Crippen molar-refractivity contribution in [3.8, 4) is 0 Å². The number of hydrogen-bond acceptors (Lipinski definition) is 9. The van der Waals surface area contributed by atoms with E-state index in [1.54, 1.807) is 0 Å².